The molecule has 0 amide bonds. The van der Waals surface area contributed by atoms with Crippen molar-refractivity contribution in [3.8, 4) is 5.75 Å². The van der Waals surface area contributed by atoms with Crippen LogP contribution in [0.5, 0.6) is 5.75 Å². The zero-order chi connectivity index (χ0) is 19.5. The average Bonchev–Trinajstić information content (AvgIpc) is 3.33. The van der Waals surface area contributed by atoms with Crippen LogP contribution in [0, 0.1) is 0 Å². The number of halogens is 1. The Labute approximate surface area is 170 Å². The first kappa shape index (κ1) is 18.3. The van der Waals surface area contributed by atoms with Gasteiger partial charge in [0.15, 0.2) is 5.78 Å². The van der Waals surface area contributed by atoms with Crippen molar-refractivity contribution < 1.29 is 13.9 Å². The van der Waals surface area contributed by atoms with Gasteiger partial charge in [-0.15, -0.1) is 0 Å². The fourth-order valence-corrected chi connectivity index (χ4v) is 3.18. The van der Waals surface area contributed by atoms with E-state index in [0.29, 0.717) is 23.7 Å². The molecule has 0 aliphatic heterocycles. The summed E-state index contributed by atoms with van der Waals surface area (Å²) in [4.78, 5) is 12.1. The molecule has 0 aliphatic carbocycles. The molecule has 0 N–H and O–H groups in total. The van der Waals surface area contributed by atoms with Crippen molar-refractivity contribution in [3.05, 3.63) is 88.6 Å². The molecule has 6 heteroatoms. The number of furan rings is 1. The van der Waals surface area contributed by atoms with E-state index < -0.39 is 0 Å². The fourth-order valence-electron chi connectivity index (χ4n) is 2.80. The normalized spacial score (nSPS) is 11.4. The lowest BCUT2D eigenvalue weighted by atomic mass is 10.1. The molecular weight excluding hydrogens is 420 g/mol. The van der Waals surface area contributed by atoms with Crippen LogP contribution in [-0.4, -0.2) is 15.6 Å². The molecule has 0 radical (unpaired) electrons. The third kappa shape index (κ3) is 4.23. The van der Waals surface area contributed by atoms with E-state index in [2.05, 4.69) is 27.1 Å². The number of rotatable bonds is 6. The standard InChI is InChI=1S/C22H17BrN2O3/c1-25-13-17(12-24-25)22(26)9-8-19-6-7-21(28-19)14-27-20-5-3-15-10-18(23)4-2-16(15)11-20/h2-13H,14H2,1H3/b9-8+. The first-order valence-corrected chi connectivity index (χ1v) is 9.48. The minimum atomic E-state index is -0.120. The van der Waals surface area contributed by atoms with Gasteiger partial charge in [0.25, 0.3) is 0 Å². The molecule has 2 aromatic carbocycles. The number of benzene rings is 2. The van der Waals surface area contributed by atoms with E-state index >= 15 is 0 Å². The van der Waals surface area contributed by atoms with Gasteiger partial charge in [-0.3, -0.25) is 9.48 Å². The van der Waals surface area contributed by atoms with E-state index in [-0.39, 0.29) is 5.78 Å². The van der Waals surface area contributed by atoms with Gasteiger partial charge in [-0.2, -0.15) is 5.10 Å². The molecule has 0 fully saturated rings. The second kappa shape index (κ2) is 7.86. The molecular formula is C22H17BrN2O3. The summed E-state index contributed by atoms with van der Waals surface area (Å²) in [5.41, 5.74) is 0.539. The predicted octanol–water partition coefficient (Wildman–Crippen LogP) is 5.40. The molecule has 2 heterocycles. The molecule has 4 aromatic rings. The lowest BCUT2D eigenvalue weighted by Crippen LogP contribution is -1.93. The summed E-state index contributed by atoms with van der Waals surface area (Å²) in [5, 5.41) is 6.25. The second-order valence-electron chi connectivity index (χ2n) is 6.35. The Morgan fingerprint density at radius 1 is 1.18 bits per heavy atom. The largest absolute Gasteiger partial charge is 0.486 e. The van der Waals surface area contributed by atoms with Crippen LogP contribution in [0.3, 0.4) is 0 Å². The van der Waals surface area contributed by atoms with Gasteiger partial charge in [0.05, 0.1) is 11.8 Å². The van der Waals surface area contributed by atoms with Crippen molar-refractivity contribution in [3.63, 3.8) is 0 Å². The van der Waals surface area contributed by atoms with Crippen LogP contribution in [0.4, 0.5) is 0 Å². The lowest BCUT2D eigenvalue weighted by Gasteiger charge is -2.06. The second-order valence-corrected chi connectivity index (χ2v) is 7.26. The summed E-state index contributed by atoms with van der Waals surface area (Å²) < 4.78 is 14.2. The predicted molar refractivity (Wildman–Crippen MR) is 111 cm³/mol. The Kier molecular flexibility index (Phi) is 5.12. The molecule has 4 rings (SSSR count). The van der Waals surface area contributed by atoms with Crippen molar-refractivity contribution in [2.45, 2.75) is 6.61 Å². The number of aryl methyl sites for hydroxylation is 1. The zero-order valence-corrected chi connectivity index (χ0v) is 16.7. The Hall–Kier alpha value is -3.12. The fraction of sp³-hybridized carbons (Fsp3) is 0.0909. The highest BCUT2D eigenvalue weighted by atomic mass is 79.9. The topological polar surface area (TPSA) is 57.3 Å². The minimum absolute atomic E-state index is 0.120. The van der Waals surface area contributed by atoms with E-state index in [1.165, 1.54) is 12.3 Å². The molecule has 5 nitrogen and oxygen atoms in total. The van der Waals surface area contributed by atoms with Crippen LogP contribution in [0.1, 0.15) is 21.9 Å². The zero-order valence-electron chi connectivity index (χ0n) is 15.1. The van der Waals surface area contributed by atoms with E-state index in [1.807, 2.05) is 42.5 Å². The number of aromatic nitrogens is 2. The SMILES string of the molecule is Cn1cc(C(=O)/C=C/c2ccc(COc3ccc4cc(Br)ccc4c3)o2)cn1. The average molecular weight is 437 g/mol. The number of carbonyl (C=O) groups excluding carboxylic acids is 1. The van der Waals surface area contributed by atoms with Crippen molar-refractivity contribution >= 4 is 38.6 Å². The van der Waals surface area contributed by atoms with Gasteiger partial charge in [0.2, 0.25) is 0 Å². The molecule has 0 bridgehead atoms. The van der Waals surface area contributed by atoms with E-state index in [4.69, 9.17) is 9.15 Å². The maximum absolute atomic E-state index is 12.1. The van der Waals surface area contributed by atoms with Gasteiger partial charge in [0.1, 0.15) is 23.9 Å². The number of hydrogen-bond donors (Lipinski definition) is 0. The number of allylic oxidation sites excluding steroid dienone is 1. The van der Waals surface area contributed by atoms with Gasteiger partial charge < -0.3 is 9.15 Å². The number of hydrogen-bond acceptors (Lipinski definition) is 4. The first-order valence-electron chi connectivity index (χ1n) is 8.69. The number of carbonyl (C=O) groups is 1. The van der Waals surface area contributed by atoms with Crippen LogP contribution in [-0.2, 0) is 13.7 Å². The van der Waals surface area contributed by atoms with Crippen LogP contribution in [0.15, 0.2) is 75.9 Å². The third-order valence-electron chi connectivity index (χ3n) is 4.23. The van der Waals surface area contributed by atoms with Crippen molar-refractivity contribution in [1.29, 1.82) is 0 Å². The summed E-state index contributed by atoms with van der Waals surface area (Å²) >= 11 is 3.48. The molecule has 140 valence electrons. The Balaban J connectivity index is 1.39. The van der Waals surface area contributed by atoms with E-state index in [1.54, 1.807) is 24.0 Å². The lowest BCUT2D eigenvalue weighted by molar-refractivity contribution is 0.104. The number of fused-ring (bicyclic) bond motifs is 1. The summed E-state index contributed by atoms with van der Waals surface area (Å²) in [6.07, 6.45) is 6.33. The smallest absolute Gasteiger partial charge is 0.189 e. The maximum atomic E-state index is 12.1. The molecule has 2 aromatic heterocycles. The molecule has 0 saturated heterocycles. The summed E-state index contributed by atoms with van der Waals surface area (Å²) in [7, 11) is 1.77. The van der Waals surface area contributed by atoms with Crippen molar-refractivity contribution in [2.24, 2.45) is 7.05 Å². The van der Waals surface area contributed by atoms with Crippen molar-refractivity contribution in [2.75, 3.05) is 0 Å². The maximum Gasteiger partial charge on any atom is 0.189 e. The Morgan fingerprint density at radius 2 is 2.00 bits per heavy atom. The third-order valence-corrected chi connectivity index (χ3v) is 4.72. The van der Waals surface area contributed by atoms with Crippen LogP contribution in [0.25, 0.3) is 16.8 Å². The monoisotopic (exact) mass is 436 g/mol. The number of nitrogens with zero attached hydrogens (tertiary/aromatic N) is 2. The van der Waals surface area contributed by atoms with E-state index in [9.17, 15) is 4.79 Å². The highest BCUT2D eigenvalue weighted by molar-refractivity contribution is 9.10. The van der Waals surface area contributed by atoms with Gasteiger partial charge in [-0.05, 0) is 59.3 Å². The summed E-state index contributed by atoms with van der Waals surface area (Å²) in [6, 6.07) is 15.7. The number of ether oxygens (including phenoxy) is 1. The van der Waals surface area contributed by atoms with E-state index in [0.717, 1.165) is 21.0 Å². The number of ketones is 1. The molecule has 0 spiro atoms. The van der Waals surface area contributed by atoms with Crippen LogP contribution < -0.4 is 4.74 Å². The molecule has 28 heavy (non-hydrogen) atoms. The highest BCUT2D eigenvalue weighted by Gasteiger charge is 2.06. The first-order chi connectivity index (χ1) is 13.6. The van der Waals surface area contributed by atoms with Gasteiger partial charge in [0, 0.05) is 17.7 Å². The Bertz CT molecular complexity index is 1170. The molecule has 0 saturated carbocycles. The summed E-state index contributed by atoms with van der Waals surface area (Å²) in [5.74, 6) is 1.93. The molecule has 0 aliphatic rings. The van der Waals surface area contributed by atoms with Gasteiger partial charge in [-0.25, -0.2) is 0 Å². The summed E-state index contributed by atoms with van der Waals surface area (Å²) in [6.45, 7) is 0.312. The molecule has 0 unspecified atom stereocenters. The van der Waals surface area contributed by atoms with Gasteiger partial charge >= 0.3 is 0 Å². The minimum Gasteiger partial charge on any atom is -0.486 e. The van der Waals surface area contributed by atoms with Crippen LogP contribution >= 0.6 is 15.9 Å². The highest BCUT2D eigenvalue weighted by Crippen LogP contribution is 2.25. The Morgan fingerprint density at radius 3 is 2.82 bits per heavy atom. The van der Waals surface area contributed by atoms with Crippen LogP contribution in [0.2, 0.25) is 0 Å². The molecule has 0 atom stereocenters. The van der Waals surface area contributed by atoms with Crippen molar-refractivity contribution in [1.82, 2.24) is 9.78 Å². The quantitative estimate of drug-likeness (QED) is 0.299. The van der Waals surface area contributed by atoms with Gasteiger partial charge in [-0.1, -0.05) is 28.1 Å².